The van der Waals surface area contributed by atoms with Crippen LogP contribution in [0.5, 0.6) is 0 Å². The normalized spacial score (nSPS) is 12.6. The van der Waals surface area contributed by atoms with Crippen molar-refractivity contribution < 1.29 is 4.74 Å². The molecule has 1 unspecified atom stereocenters. The zero-order valence-corrected chi connectivity index (χ0v) is 11.6. The van der Waals surface area contributed by atoms with Crippen LogP contribution in [0.25, 0.3) is 0 Å². The van der Waals surface area contributed by atoms with Gasteiger partial charge in [0, 0.05) is 23.3 Å². The Kier molecular flexibility index (Phi) is 7.33. The van der Waals surface area contributed by atoms with E-state index in [-0.39, 0.29) is 6.04 Å². The van der Waals surface area contributed by atoms with Crippen LogP contribution in [0, 0.1) is 0 Å². The molecule has 0 aliphatic rings. The molecule has 0 amide bonds. The molecule has 0 spiro atoms. The van der Waals surface area contributed by atoms with E-state index in [2.05, 4.69) is 31.2 Å². The summed E-state index contributed by atoms with van der Waals surface area (Å²) in [6, 6.07) is 8.55. The summed E-state index contributed by atoms with van der Waals surface area (Å²) in [4.78, 5) is 1.28. The highest BCUT2D eigenvalue weighted by molar-refractivity contribution is 7.99. The van der Waals surface area contributed by atoms with Crippen molar-refractivity contribution in [2.75, 3.05) is 19.0 Å². The van der Waals surface area contributed by atoms with Gasteiger partial charge in [-0.1, -0.05) is 25.5 Å². The minimum Gasteiger partial charge on any atom is -0.381 e. The van der Waals surface area contributed by atoms with Gasteiger partial charge in [0.1, 0.15) is 0 Å². The number of nitrogens with two attached hydrogens (primary N) is 1. The Morgan fingerprint density at radius 1 is 1.35 bits per heavy atom. The highest BCUT2D eigenvalue weighted by Crippen LogP contribution is 2.21. The van der Waals surface area contributed by atoms with Crippen molar-refractivity contribution in [2.24, 2.45) is 5.73 Å². The molecule has 0 aliphatic carbocycles. The van der Waals surface area contributed by atoms with E-state index in [0.717, 1.165) is 25.4 Å². The first kappa shape index (κ1) is 14.6. The predicted octanol–water partition coefficient (Wildman–Crippen LogP) is 3.62. The molecule has 1 rings (SSSR count). The van der Waals surface area contributed by atoms with Gasteiger partial charge in [0.2, 0.25) is 0 Å². The molecular weight excluding hydrogens is 230 g/mol. The molecular formula is C14H23NOS. The van der Waals surface area contributed by atoms with Gasteiger partial charge in [-0.15, -0.1) is 11.8 Å². The lowest BCUT2D eigenvalue weighted by Crippen LogP contribution is -2.04. The monoisotopic (exact) mass is 253 g/mol. The summed E-state index contributed by atoms with van der Waals surface area (Å²) in [5.74, 6) is 1.01. The van der Waals surface area contributed by atoms with Crippen LogP contribution in [0.15, 0.2) is 29.2 Å². The first-order valence-corrected chi connectivity index (χ1v) is 7.28. The number of hydrogen-bond donors (Lipinski definition) is 1. The smallest absolute Gasteiger partial charge is 0.0560 e. The number of rotatable bonds is 8. The maximum Gasteiger partial charge on any atom is 0.0560 e. The average Bonchev–Trinajstić information content (AvgIpc) is 2.34. The molecule has 1 aromatic carbocycles. The topological polar surface area (TPSA) is 35.2 Å². The zero-order valence-electron chi connectivity index (χ0n) is 10.8. The zero-order chi connectivity index (χ0) is 12.5. The van der Waals surface area contributed by atoms with Crippen LogP contribution in [0.4, 0.5) is 0 Å². The Bertz CT molecular complexity index is 315. The van der Waals surface area contributed by atoms with Crippen molar-refractivity contribution in [1.29, 1.82) is 0 Å². The van der Waals surface area contributed by atoms with Gasteiger partial charge in [-0.25, -0.2) is 0 Å². The van der Waals surface area contributed by atoms with Gasteiger partial charge in [-0.2, -0.15) is 0 Å². The minimum absolute atomic E-state index is 0.108. The Balaban J connectivity index is 2.24. The second-order valence-corrected chi connectivity index (χ2v) is 5.34. The minimum atomic E-state index is 0.108. The van der Waals surface area contributed by atoms with Crippen LogP contribution in [0.2, 0.25) is 0 Å². The second kappa shape index (κ2) is 8.56. The summed E-state index contributed by atoms with van der Waals surface area (Å²) in [7, 11) is 0. The van der Waals surface area contributed by atoms with Crippen molar-refractivity contribution in [3.8, 4) is 0 Å². The Morgan fingerprint density at radius 2 is 2.18 bits per heavy atom. The van der Waals surface area contributed by atoms with Crippen molar-refractivity contribution in [3.05, 3.63) is 29.8 Å². The fourth-order valence-electron chi connectivity index (χ4n) is 1.45. The first-order valence-electron chi connectivity index (χ1n) is 6.30. The van der Waals surface area contributed by atoms with E-state index in [1.165, 1.54) is 16.9 Å². The van der Waals surface area contributed by atoms with Gasteiger partial charge in [-0.05, 0) is 31.0 Å². The van der Waals surface area contributed by atoms with Gasteiger partial charge in [0.05, 0.1) is 6.61 Å². The maximum absolute atomic E-state index is 5.86. The maximum atomic E-state index is 5.86. The summed E-state index contributed by atoms with van der Waals surface area (Å²) in [6.45, 7) is 5.90. The van der Waals surface area contributed by atoms with Gasteiger partial charge in [0.15, 0.2) is 0 Å². The Hall–Kier alpha value is -0.510. The number of hydrogen-bond acceptors (Lipinski definition) is 3. The van der Waals surface area contributed by atoms with E-state index in [4.69, 9.17) is 10.5 Å². The van der Waals surface area contributed by atoms with E-state index in [1.54, 1.807) is 0 Å². The van der Waals surface area contributed by atoms with E-state index >= 15 is 0 Å². The lowest BCUT2D eigenvalue weighted by atomic mass is 10.1. The summed E-state index contributed by atoms with van der Waals surface area (Å²) >= 11 is 1.83. The largest absolute Gasteiger partial charge is 0.381 e. The standard InChI is InChI=1S/C14H23NOS/c1-3-4-8-16-9-10-17-14-7-5-6-13(11-14)12(2)15/h5-7,11-12H,3-4,8-10,15H2,1-2H3. The molecule has 1 atom stereocenters. The van der Waals surface area contributed by atoms with Crippen LogP contribution in [0.3, 0.4) is 0 Å². The molecule has 0 radical (unpaired) electrons. The summed E-state index contributed by atoms with van der Waals surface area (Å²) < 4.78 is 5.53. The third-order valence-corrected chi connectivity index (χ3v) is 3.48. The van der Waals surface area contributed by atoms with Crippen LogP contribution in [-0.4, -0.2) is 19.0 Å². The van der Waals surface area contributed by atoms with E-state index in [0.29, 0.717) is 0 Å². The summed E-state index contributed by atoms with van der Waals surface area (Å²) in [6.07, 6.45) is 2.36. The van der Waals surface area contributed by atoms with E-state index in [9.17, 15) is 0 Å². The van der Waals surface area contributed by atoms with Gasteiger partial charge in [0.25, 0.3) is 0 Å². The fraction of sp³-hybridized carbons (Fsp3) is 0.571. The summed E-state index contributed by atoms with van der Waals surface area (Å²) in [5, 5.41) is 0. The third-order valence-electron chi connectivity index (χ3n) is 2.52. The van der Waals surface area contributed by atoms with Crippen molar-refractivity contribution in [3.63, 3.8) is 0 Å². The third kappa shape index (κ3) is 6.10. The predicted molar refractivity (Wildman–Crippen MR) is 75.5 cm³/mol. The number of benzene rings is 1. The molecule has 0 aliphatic heterocycles. The van der Waals surface area contributed by atoms with Crippen molar-refractivity contribution in [2.45, 2.75) is 37.6 Å². The first-order chi connectivity index (χ1) is 8.24. The van der Waals surface area contributed by atoms with Crippen LogP contribution < -0.4 is 5.73 Å². The SMILES string of the molecule is CCCCOCCSc1cccc(C(C)N)c1. The lowest BCUT2D eigenvalue weighted by molar-refractivity contribution is 0.147. The molecule has 96 valence electrons. The number of ether oxygens (including phenoxy) is 1. The van der Waals surface area contributed by atoms with Gasteiger partial charge >= 0.3 is 0 Å². The van der Waals surface area contributed by atoms with Crippen molar-refractivity contribution >= 4 is 11.8 Å². The van der Waals surface area contributed by atoms with E-state index in [1.807, 2.05) is 18.7 Å². The lowest BCUT2D eigenvalue weighted by Gasteiger charge is -2.08. The quantitative estimate of drug-likeness (QED) is 0.568. The van der Waals surface area contributed by atoms with Crippen LogP contribution in [0.1, 0.15) is 38.3 Å². The van der Waals surface area contributed by atoms with Crippen LogP contribution in [-0.2, 0) is 4.74 Å². The molecule has 3 heteroatoms. The van der Waals surface area contributed by atoms with E-state index < -0.39 is 0 Å². The van der Waals surface area contributed by atoms with Crippen LogP contribution >= 0.6 is 11.8 Å². The van der Waals surface area contributed by atoms with Crippen molar-refractivity contribution in [1.82, 2.24) is 0 Å². The molecule has 0 bridgehead atoms. The Labute approximate surface area is 109 Å². The molecule has 0 fully saturated rings. The molecule has 0 aromatic heterocycles. The molecule has 1 aromatic rings. The highest BCUT2D eigenvalue weighted by atomic mass is 32.2. The molecule has 0 saturated carbocycles. The molecule has 0 saturated heterocycles. The molecule has 2 nitrogen and oxygen atoms in total. The fourth-order valence-corrected chi connectivity index (χ4v) is 2.29. The molecule has 17 heavy (non-hydrogen) atoms. The van der Waals surface area contributed by atoms with Gasteiger partial charge < -0.3 is 10.5 Å². The number of thioether (sulfide) groups is 1. The molecule has 0 heterocycles. The average molecular weight is 253 g/mol. The summed E-state index contributed by atoms with van der Waals surface area (Å²) in [5.41, 5.74) is 7.05. The second-order valence-electron chi connectivity index (χ2n) is 4.18. The highest BCUT2D eigenvalue weighted by Gasteiger charge is 2.00. The van der Waals surface area contributed by atoms with Gasteiger partial charge in [-0.3, -0.25) is 0 Å². The Morgan fingerprint density at radius 3 is 2.88 bits per heavy atom. The number of unbranched alkanes of at least 4 members (excludes halogenated alkanes) is 1. The molecule has 2 N–H and O–H groups in total.